The van der Waals surface area contributed by atoms with Gasteiger partial charge in [0.2, 0.25) is 0 Å². The number of aromatic nitrogens is 1. The molecule has 0 aliphatic carbocycles. The van der Waals surface area contributed by atoms with Crippen molar-refractivity contribution in [1.29, 1.82) is 0 Å². The lowest BCUT2D eigenvalue weighted by atomic mass is 10.2. The van der Waals surface area contributed by atoms with Crippen molar-refractivity contribution in [3.63, 3.8) is 0 Å². The van der Waals surface area contributed by atoms with Crippen LogP contribution in [0.25, 0.3) is 0 Å². The van der Waals surface area contributed by atoms with Gasteiger partial charge in [0.25, 0.3) is 0 Å². The summed E-state index contributed by atoms with van der Waals surface area (Å²) in [6, 6.07) is 1.71. The van der Waals surface area contributed by atoms with Crippen LogP contribution in [-0.2, 0) is 0 Å². The van der Waals surface area contributed by atoms with Gasteiger partial charge in [-0.3, -0.25) is 4.98 Å². The molecule has 1 aromatic heterocycles. The summed E-state index contributed by atoms with van der Waals surface area (Å²) in [6.07, 6.45) is 3.14. The minimum Gasteiger partial charge on any atom is -0.478 e. The maximum absolute atomic E-state index is 10.7. The molecule has 0 aromatic carbocycles. The number of rotatable bonds is 2. The lowest BCUT2D eigenvalue weighted by Gasteiger charge is -2.07. The number of carboxylic acid groups (broad SMARTS) is 1. The van der Waals surface area contributed by atoms with E-state index in [-0.39, 0.29) is 5.56 Å². The molecule has 14 heavy (non-hydrogen) atoms. The van der Waals surface area contributed by atoms with Crippen LogP contribution in [0.4, 0.5) is 0 Å². The number of hydrogen-bond donors (Lipinski definition) is 1. The minimum absolute atomic E-state index is 0.274. The summed E-state index contributed by atoms with van der Waals surface area (Å²) in [7, 11) is 0. The molecule has 0 amide bonds. The summed E-state index contributed by atoms with van der Waals surface area (Å²) in [6.45, 7) is 0. The predicted octanol–water partition coefficient (Wildman–Crippen LogP) is 2.26. The smallest absolute Gasteiger partial charge is 0.337 e. The number of pyridine rings is 1. The molecule has 1 aliphatic rings. The van der Waals surface area contributed by atoms with Crippen LogP contribution < -0.4 is 0 Å². The van der Waals surface area contributed by atoms with Crippen molar-refractivity contribution in [1.82, 2.24) is 4.98 Å². The molecule has 3 nitrogen and oxygen atoms in total. The second kappa shape index (κ2) is 4.23. The van der Waals surface area contributed by atoms with Crippen molar-refractivity contribution in [2.45, 2.75) is 4.58 Å². The molecule has 0 atom stereocenters. The van der Waals surface area contributed by atoms with Crippen LogP contribution in [-0.4, -0.2) is 27.6 Å². The highest BCUT2D eigenvalue weighted by atomic mass is 32.2. The van der Waals surface area contributed by atoms with E-state index in [1.54, 1.807) is 12.3 Å². The first kappa shape index (κ1) is 9.86. The molecule has 1 saturated heterocycles. The summed E-state index contributed by atoms with van der Waals surface area (Å²) in [4.78, 5) is 14.7. The fraction of sp³-hybridized carbons (Fsp3) is 0.333. The molecule has 0 unspecified atom stereocenters. The summed E-state index contributed by atoms with van der Waals surface area (Å²) in [5, 5.41) is 8.80. The standard InChI is InChI=1S/C9H9NO2S2/c11-8(12)6-3-7(5-10-4-6)9-13-1-2-14-9/h3-5,9H,1-2H2,(H,11,12). The van der Waals surface area contributed by atoms with Crippen LogP contribution >= 0.6 is 23.5 Å². The van der Waals surface area contributed by atoms with Gasteiger partial charge in [0.1, 0.15) is 0 Å². The Morgan fingerprint density at radius 3 is 2.79 bits per heavy atom. The van der Waals surface area contributed by atoms with Gasteiger partial charge in [-0.15, -0.1) is 23.5 Å². The molecule has 74 valence electrons. The Labute approximate surface area is 90.3 Å². The van der Waals surface area contributed by atoms with Crippen LogP contribution in [0.2, 0.25) is 0 Å². The van der Waals surface area contributed by atoms with E-state index >= 15 is 0 Å². The fourth-order valence-electron chi connectivity index (χ4n) is 1.25. The second-order valence-electron chi connectivity index (χ2n) is 2.89. The highest BCUT2D eigenvalue weighted by Crippen LogP contribution is 2.44. The van der Waals surface area contributed by atoms with Crippen molar-refractivity contribution in [2.24, 2.45) is 0 Å². The van der Waals surface area contributed by atoms with Crippen LogP contribution in [0.5, 0.6) is 0 Å². The van der Waals surface area contributed by atoms with Gasteiger partial charge in [-0.05, 0) is 11.6 Å². The van der Waals surface area contributed by atoms with Gasteiger partial charge in [0, 0.05) is 23.9 Å². The third-order valence-electron chi connectivity index (χ3n) is 1.90. The minimum atomic E-state index is -0.910. The molecular weight excluding hydrogens is 218 g/mol. The lowest BCUT2D eigenvalue weighted by molar-refractivity contribution is 0.0696. The lowest BCUT2D eigenvalue weighted by Crippen LogP contribution is -1.99. The first-order valence-electron chi connectivity index (χ1n) is 4.19. The Bertz CT molecular complexity index is 350. The summed E-state index contributed by atoms with van der Waals surface area (Å²) >= 11 is 3.69. The Balaban J connectivity index is 2.25. The second-order valence-corrected chi connectivity index (χ2v) is 5.61. The van der Waals surface area contributed by atoms with Crippen LogP contribution in [0.3, 0.4) is 0 Å². The van der Waals surface area contributed by atoms with Crippen molar-refractivity contribution >= 4 is 29.5 Å². The molecule has 5 heteroatoms. The molecular formula is C9H9NO2S2. The van der Waals surface area contributed by atoms with Crippen LogP contribution in [0.1, 0.15) is 20.5 Å². The van der Waals surface area contributed by atoms with Crippen molar-refractivity contribution in [3.8, 4) is 0 Å². The number of nitrogens with zero attached hydrogens (tertiary/aromatic N) is 1. The molecule has 0 radical (unpaired) electrons. The van der Waals surface area contributed by atoms with Gasteiger partial charge < -0.3 is 5.11 Å². The molecule has 1 fully saturated rings. The largest absolute Gasteiger partial charge is 0.478 e. The van der Waals surface area contributed by atoms with Gasteiger partial charge in [0.05, 0.1) is 10.1 Å². The summed E-state index contributed by atoms with van der Waals surface area (Å²) < 4.78 is 0.363. The zero-order valence-corrected chi connectivity index (χ0v) is 8.98. The Kier molecular flexibility index (Phi) is 2.98. The third kappa shape index (κ3) is 2.04. The normalized spacial score (nSPS) is 17.1. The van der Waals surface area contributed by atoms with Crippen molar-refractivity contribution in [2.75, 3.05) is 11.5 Å². The number of hydrogen-bond acceptors (Lipinski definition) is 4. The van der Waals surface area contributed by atoms with Crippen molar-refractivity contribution < 1.29 is 9.90 Å². The molecule has 1 aromatic rings. The zero-order valence-electron chi connectivity index (χ0n) is 7.34. The van der Waals surface area contributed by atoms with E-state index < -0.39 is 5.97 Å². The SMILES string of the molecule is O=C(O)c1cncc(C2SCCS2)c1. The summed E-state index contributed by atoms with van der Waals surface area (Å²) in [5.74, 6) is 1.35. The fourth-order valence-corrected chi connectivity index (χ4v) is 4.06. The van der Waals surface area contributed by atoms with Gasteiger partial charge in [0.15, 0.2) is 0 Å². The van der Waals surface area contributed by atoms with Gasteiger partial charge in [-0.2, -0.15) is 0 Å². The van der Waals surface area contributed by atoms with E-state index in [1.165, 1.54) is 6.20 Å². The zero-order chi connectivity index (χ0) is 9.97. The molecule has 0 bridgehead atoms. The molecule has 1 N–H and O–H groups in total. The maximum atomic E-state index is 10.7. The third-order valence-corrected chi connectivity index (χ3v) is 5.00. The Morgan fingerprint density at radius 1 is 1.43 bits per heavy atom. The van der Waals surface area contributed by atoms with Gasteiger partial charge in [-0.25, -0.2) is 4.79 Å². The first-order chi connectivity index (χ1) is 6.77. The highest BCUT2D eigenvalue weighted by molar-refractivity contribution is 8.19. The molecule has 0 saturated carbocycles. The topological polar surface area (TPSA) is 50.2 Å². The van der Waals surface area contributed by atoms with E-state index in [2.05, 4.69) is 4.98 Å². The maximum Gasteiger partial charge on any atom is 0.337 e. The first-order valence-corrected chi connectivity index (χ1v) is 6.28. The number of thioether (sulfide) groups is 2. The van der Waals surface area contributed by atoms with Crippen molar-refractivity contribution in [3.05, 3.63) is 29.6 Å². The average Bonchev–Trinajstić information content (AvgIpc) is 2.71. The Morgan fingerprint density at radius 2 is 2.14 bits per heavy atom. The molecule has 2 heterocycles. The number of carbonyl (C=O) groups is 1. The van der Waals surface area contributed by atoms with E-state index in [0.717, 1.165) is 17.1 Å². The number of carboxylic acids is 1. The van der Waals surface area contributed by atoms with Gasteiger partial charge in [-0.1, -0.05) is 0 Å². The quantitative estimate of drug-likeness (QED) is 0.839. The predicted molar refractivity (Wildman–Crippen MR) is 58.9 cm³/mol. The average molecular weight is 227 g/mol. The molecule has 2 rings (SSSR count). The Hall–Kier alpha value is -0.680. The highest BCUT2D eigenvalue weighted by Gasteiger charge is 2.19. The van der Waals surface area contributed by atoms with Gasteiger partial charge >= 0.3 is 5.97 Å². The number of aromatic carboxylic acids is 1. The molecule has 0 spiro atoms. The van der Waals surface area contributed by atoms with Crippen LogP contribution in [0, 0.1) is 0 Å². The van der Waals surface area contributed by atoms with E-state index in [0.29, 0.717) is 4.58 Å². The van der Waals surface area contributed by atoms with E-state index in [9.17, 15) is 4.79 Å². The van der Waals surface area contributed by atoms with Crippen LogP contribution in [0.15, 0.2) is 18.5 Å². The van der Waals surface area contributed by atoms with E-state index in [4.69, 9.17) is 5.11 Å². The monoisotopic (exact) mass is 227 g/mol. The van der Waals surface area contributed by atoms with E-state index in [1.807, 2.05) is 23.5 Å². The summed E-state index contributed by atoms with van der Waals surface area (Å²) in [5.41, 5.74) is 1.29. The molecule has 1 aliphatic heterocycles.